The Labute approximate surface area is 153 Å². The number of ether oxygens (including phenoxy) is 1. The van der Waals surface area contributed by atoms with Crippen LogP contribution in [0.4, 0.5) is 0 Å². The highest BCUT2D eigenvalue weighted by atomic mass is 32.2. The van der Waals surface area contributed by atoms with Gasteiger partial charge in [-0.15, -0.1) is 11.8 Å². The number of aromatic nitrogens is 1. The van der Waals surface area contributed by atoms with Crippen molar-refractivity contribution in [3.63, 3.8) is 0 Å². The average molecular weight is 356 g/mol. The van der Waals surface area contributed by atoms with Gasteiger partial charge in [0.2, 0.25) is 11.8 Å². The molecular weight excluding hydrogens is 332 g/mol. The molecule has 2 heterocycles. The van der Waals surface area contributed by atoms with Crippen molar-refractivity contribution >= 4 is 17.7 Å². The van der Waals surface area contributed by atoms with Crippen LogP contribution in [0.5, 0.6) is 5.88 Å². The summed E-state index contributed by atoms with van der Waals surface area (Å²) in [4.78, 5) is 18.8. The number of amides is 1. The van der Waals surface area contributed by atoms with Crippen molar-refractivity contribution in [2.75, 3.05) is 19.4 Å². The quantitative estimate of drug-likeness (QED) is 0.801. The molecule has 1 aromatic carbocycles. The van der Waals surface area contributed by atoms with Gasteiger partial charge in [0, 0.05) is 12.7 Å². The number of rotatable bonds is 5. The van der Waals surface area contributed by atoms with Crippen LogP contribution in [0.2, 0.25) is 0 Å². The summed E-state index contributed by atoms with van der Waals surface area (Å²) in [6.07, 6.45) is 1.77. The molecule has 0 aliphatic carbocycles. The Morgan fingerprint density at radius 2 is 2.00 bits per heavy atom. The van der Waals surface area contributed by atoms with E-state index in [1.165, 1.54) is 5.56 Å². The first-order valence-corrected chi connectivity index (χ1v) is 9.57. The Morgan fingerprint density at radius 3 is 2.64 bits per heavy atom. The molecule has 132 valence electrons. The van der Waals surface area contributed by atoms with E-state index in [4.69, 9.17) is 4.74 Å². The van der Waals surface area contributed by atoms with Crippen molar-refractivity contribution in [2.45, 2.75) is 26.1 Å². The molecule has 2 aromatic rings. The van der Waals surface area contributed by atoms with Crippen LogP contribution in [0.1, 0.15) is 30.3 Å². The minimum Gasteiger partial charge on any atom is -0.481 e. The second-order valence-electron chi connectivity index (χ2n) is 6.75. The molecule has 0 spiro atoms. The summed E-state index contributed by atoms with van der Waals surface area (Å²) >= 11 is 1.65. The first-order chi connectivity index (χ1) is 12.0. The molecule has 5 heteroatoms. The largest absolute Gasteiger partial charge is 0.481 e. The molecule has 0 bridgehead atoms. The van der Waals surface area contributed by atoms with Crippen molar-refractivity contribution in [1.29, 1.82) is 0 Å². The number of hydrogen-bond acceptors (Lipinski definition) is 4. The highest BCUT2D eigenvalue weighted by Gasteiger charge is 2.36. The molecule has 1 unspecified atom stereocenters. The summed E-state index contributed by atoms with van der Waals surface area (Å²) in [5, 5.41) is -0.0603. The predicted octanol–water partition coefficient (Wildman–Crippen LogP) is 4.30. The number of nitrogens with zero attached hydrogens (tertiary/aromatic N) is 2. The second-order valence-corrected chi connectivity index (χ2v) is 7.82. The molecule has 1 saturated heterocycles. The van der Waals surface area contributed by atoms with Crippen LogP contribution < -0.4 is 4.74 Å². The molecule has 3 rings (SSSR count). The van der Waals surface area contributed by atoms with E-state index < -0.39 is 0 Å². The normalized spacial score (nSPS) is 17.4. The molecule has 1 aliphatic heterocycles. The zero-order valence-electron chi connectivity index (χ0n) is 15.2. The maximum atomic E-state index is 12.4. The van der Waals surface area contributed by atoms with Gasteiger partial charge in [0.25, 0.3) is 0 Å². The van der Waals surface area contributed by atoms with E-state index in [2.05, 4.69) is 50.0 Å². The Balaban J connectivity index is 2.10. The summed E-state index contributed by atoms with van der Waals surface area (Å²) in [6, 6.07) is 10.4. The average Bonchev–Trinajstić information content (AvgIpc) is 2.95. The Bertz CT molecular complexity index is 759. The molecule has 0 saturated carbocycles. The van der Waals surface area contributed by atoms with Gasteiger partial charge < -0.3 is 9.64 Å². The van der Waals surface area contributed by atoms with Gasteiger partial charge in [0.05, 0.1) is 18.4 Å². The predicted molar refractivity (Wildman–Crippen MR) is 103 cm³/mol. The van der Waals surface area contributed by atoms with Gasteiger partial charge in [-0.3, -0.25) is 4.79 Å². The third-order valence-corrected chi connectivity index (χ3v) is 5.51. The number of benzene rings is 1. The summed E-state index contributed by atoms with van der Waals surface area (Å²) in [6.45, 7) is 7.08. The third kappa shape index (κ3) is 3.66. The second kappa shape index (κ2) is 7.48. The number of thioether (sulfide) groups is 1. The van der Waals surface area contributed by atoms with Crippen molar-refractivity contribution in [2.24, 2.45) is 5.92 Å². The fourth-order valence-corrected chi connectivity index (χ4v) is 4.37. The Kier molecular flexibility index (Phi) is 5.33. The van der Waals surface area contributed by atoms with Crippen molar-refractivity contribution in [1.82, 2.24) is 9.88 Å². The number of aryl methyl sites for hydroxylation is 1. The van der Waals surface area contributed by atoms with Crippen LogP contribution in [-0.4, -0.2) is 35.2 Å². The SMILES string of the molecule is COc1nccc(-c2ccc(C)cc2)c1C1SCC(=O)N1CC(C)C. The molecule has 1 fully saturated rings. The molecule has 0 N–H and O–H groups in total. The molecule has 1 aromatic heterocycles. The number of hydrogen-bond donors (Lipinski definition) is 0. The minimum absolute atomic E-state index is 0.0603. The van der Waals surface area contributed by atoms with E-state index in [1.54, 1.807) is 25.1 Å². The van der Waals surface area contributed by atoms with Crippen molar-refractivity contribution in [3.8, 4) is 17.0 Å². The van der Waals surface area contributed by atoms with Gasteiger partial charge in [0.1, 0.15) is 5.37 Å². The third-order valence-electron chi connectivity index (χ3n) is 4.29. The van der Waals surface area contributed by atoms with Gasteiger partial charge in [-0.2, -0.15) is 0 Å². The van der Waals surface area contributed by atoms with Crippen LogP contribution in [-0.2, 0) is 4.79 Å². The number of pyridine rings is 1. The van der Waals surface area contributed by atoms with Crippen LogP contribution >= 0.6 is 11.8 Å². The lowest BCUT2D eigenvalue weighted by Gasteiger charge is -2.28. The molecule has 1 atom stereocenters. The first-order valence-electron chi connectivity index (χ1n) is 8.52. The summed E-state index contributed by atoms with van der Waals surface area (Å²) in [7, 11) is 1.64. The highest BCUT2D eigenvalue weighted by molar-refractivity contribution is 8.00. The zero-order valence-corrected chi connectivity index (χ0v) is 16.0. The molecule has 25 heavy (non-hydrogen) atoms. The van der Waals surface area contributed by atoms with Crippen LogP contribution in [0.3, 0.4) is 0 Å². The van der Waals surface area contributed by atoms with E-state index >= 15 is 0 Å². The fraction of sp³-hybridized carbons (Fsp3) is 0.400. The standard InChI is InChI=1S/C20H24N2O2S/c1-13(2)11-22-17(23)12-25-20(22)18-16(9-10-21-19(18)24-4)15-7-5-14(3)6-8-15/h5-10,13,20H,11-12H2,1-4H3. The van der Waals surface area contributed by atoms with Crippen LogP contribution in [0.25, 0.3) is 11.1 Å². The lowest BCUT2D eigenvalue weighted by Crippen LogP contribution is -2.32. The molecular formula is C20H24N2O2S. The van der Waals surface area contributed by atoms with Crippen molar-refractivity contribution in [3.05, 3.63) is 47.7 Å². The van der Waals surface area contributed by atoms with E-state index in [9.17, 15) is 4.79 Å². The molecule has 1 amide bonds. The van der Waals surface area contributed by atoms with Crippen molar-refractivity contribution < 1.29 is 9.53 Å². The number of carbonyl (C=O) groups excluding carboxylic acids is 1. The van der Waals surface area contributed by atoms with E-state index in [0.717, 1.165) is 23.2 Å². The Hall–Kier alpha value is -2.01. The van der Waals surface area contributed by atoms with E-state index in [1.807, 2.05) is 11.0 Å². The van der Waals surface area contributed by atoms with E-state index in [0.29, 0.717) is 17.6 Å². The maximum Gasteiger partial charge on any atom is 0.233 e. The maximum absolute atomic E-state index is 12.4. The van der Waals surface area contributed by atoms with Gasteiger partial charge in [-0.25, -0.2) is 4.98 Å². The van der Waals surface area contributed by atoms with Crippen LogP contribution in [0, 0.1) is 12.8 Å². The summed E-state index contributed by atoms with van der Waals surface area (Å²) in [5.74, 6) is 1.70. The summed E-state index contributed by atoms with van der Waals surface area (Å²) in [5.41, 5.74) is 4.40. The minimum atomic E-state index is -0.0603. The smallest absolute Gasteiger partial charge is 0.233 e. The monoisotopic (exact) mass is 356 g/mol. The van der Waals surface area contributed by atoms with Crippen LogP contribution in [0.15, 0.2) is 36.5 Å². The molecule has 1 aliphatic rings. The van der Waals surface area contributed by atoms with Gasteiger partial charge in [-0.05, 0) is 30.0 Å². The lowest BCUT2D eigenvalue weighted by atomic mass is 9.99. The fourth-order valence-electron chi connectivity index (χ4n) is 3.12. The molecule has 0 radical (unpaired) electrons. The topological polar surface area (TPSA) is 42.4 Å². The molecule has 4 nitrogen and oxygen atoms in total. The van der Waals surface area contributed by atoms with E-state index in [-0.39, 0.29) is 11.3 Å². The van der Waals surface area contributed by atoms with Gasteiger partial charge in [-0.1, -0.05) is 43.7 Å². The van der Waals surface area contributed by atoms with Gasteiger partial charge in [0.15, 0.2) is 0 Å². The summed E-state index contributed by atoms with van der Waals surface area (Å²) < 4.78 is 5.57. The zero-order chi connectivity index (χ0) is 18.0. The number of methoxy groups -OCH3 is 1. The highest BCUT2D eigenvalue weighted by Crippen LogP contribution is 2.46. The first kappa shape index (κ1) is 17.8. The lowest BCUT2D eigenvalue weighted by molar-refractivity contribution is -0.128. The number of carbonyl (C=O) groups is 1. The Morgan fingerprint density at radius 1 is 1.28 bits per heavy atom. The van der Waals surface area contributed by atoms with Gasteiger partial charge >= 0.3 is 0 Å².